The van der Waals surface area contributed by atoms with Crippen LogP contribution in [-0.2, 0) is 0 Å². The lowest BCUT2D eigenvalue weighted by Crippen LogP contribution is -2.43. The van der Waals surface area contributed by atoms with Crippen molar-refractivity contribution in [1.82, 2.24) is 4.90 Å². The van der Waals surface area contributed by atoms with Crippen LogP contribution in [0.3, 0.4) is 0 Å². The van der Waals surface area contributed by atoms with Crippen molar-refractivity contribution in [2.45, 2.75) is 32.4 Å². The predicted molar refractivity (Wildman–Crippen MR) is 79.8 cm³/mol. The average Bonchev–Trinajstić information content (AvgIpc) is 2.35. The normalized spacial score (nSPS) is 22.0. The van der Waals surface area contributed by atoms with E-state index in [1.807, 2.05) is 19.1 Å². The molecule has 4 nitrogen and oxygen atoms in total. The molecule has 0 unspecified atom stereocenters. The molecular formula is C14H19BrN2O2. The van der Waals surface area contributed by atoms with E-state index in [2.05, 4.69) is 40.9 Å². The maximum Gasteiger partial charge on any atom is 0.407 e. The molecule has 0 saturated carbocycles. The van der Waals surface area contributed by atoms with Gasteiger partial charge in [0, 0.05) is 29.8 Å². The SMILES string of the molecule is CCN(C(=O)O)[C@@H]1C[C@H](C)N(C)c2ccc(Br)cc21. The van der Waals surface area contributed by atoms with Crippen LogP contribution in [0.15, 0.2) is 22.7 Å². The summed E-state index contributed by atoms with van der Waals surface area (Å²) >= 11 is 3.48. The van der Waals surface area contributed by atoms with Gasteiger partial charge in [0.05, 0.1) is 6.04 Å². The molecule has 1 heterocycles. The van der Waals surface area contributed by atoms with E-state index in [4.69, 9.17) is 0 Å². The molecule has 104 valence electrons. The third-order valence-electron chi connectivity index (χ3n) is 3.92. The van der Waals surface area contributed by atoms with Gasteiger partial charge in [0.15, 0.2) is 0 Å². The molecule has 0 aromatic heterocycles. The zero-order chi connectivity index (χ0) is 14.2. The third-order valence-corrected chi connectivity index (χ3v) is 4.41. The summed E-state index contributed by atoms with van der Waals surface area (Å²) in [5, 5.41) is 9.37. The Bertz CT molecular complexity index is 492. The lowest BCUT2D eigenvalue weighted by atomic mass is 9.91. The molecule has 1 N–H and O–H groups in total. The van der Waals surface area contributed by atoms with Gasteiger partial charge >= 0.3 is 6.09 Å². The van der Waals surface area contributed by atoms with Gasteiger partial charge in [-0.25, -0.2) is 4.79 Å². The molecule has 0 fully saturated rings. The van der Waals surface area contributed by atoms with Crippen molar-refractivity contribution >= 4 is 27.7 Å². The summed E-state index contributed by atoms with van der Waals surface area (Å²) in [6, 6.07) is 6.35. The van der Waals surface area contributed by atoms with Gasteiger partial charge in [0.25, 0.3) is 0 Å². The summed E-state index contributed by atoms with van der Waals surface area (Å²) in [5.74, 6) is 0. The standard InChI is InChI=1S/C14H19BrN2O2/c1-4-17(14(18)19)13-7-9(2)16(3)12-6-5-10(15)8-11(12)13/h5-6,8-9,13H,4,7H2,1-3H3,(H,18,19)/t9-,13+/m0/s1. The van der Waals surface area contributed by atoms with E-state index < -0.39 is 6.09 Å². The fourth-order valence-corrected chi connectivity index (χ4v) is 3.12. The number of nitrogens with zero attached hydrogens (tertiary/aromatic N) is 2. The number of carbonyl (C=O) groups is 1. The van der Waals surface area contributed by atoms with Gasteiger partial charge in [0.1, 0.15) is 0 Å². The molecule has 19 heavy (non-hydrogen) atoms. The zero-order valence-electron chi connectivity index (χ0n) is 11.4. The van der Waals surface area contributed by atoms with E-state index in [0.717, 1.165) is 22.1 Å². The van der Waals surface area contributed by atoms with E-state index in [1.54, 1.807) is 0 Å². The molecule has 1 aromatic rings. The molecule has 0 aliphatic carbocycles. The van der Waals surface area contributed by atoms with Crippen LogP contribution in [-0.4, -0.2) is 35.7 Å². The lowest BCUT2D eigenvalue weighted by Gasteiger charge is -2.42. The number of halogens is 1. The van der Waals surface area contributed by atoms with Gasteiger partial charge in [0.2, 0.25) is 0 Å². The second kappa shape index (κ2) is 5.41. The molecule has 0 spiro atoms. The number of benzene rings is 1. The van der Waals surface area contributed by atoms with E-state index in [1.165, 1.54) is 4.90 Å². The van der Waals surface area contributed by atoms with Gasteiger partial charge in [-0.15, -0.1) is 0 Å². The smallest absolute Gasteiger partial charge is 0.407 e. The fraction of sp³-hybridized carbons (Fsp3) is 0.500. The number of anilines is 1. The van der Waals surface area contributed by atoms with Crippen molar-refractivity contribution in [1.29, 1.82) is 0 Å². The largest absolute Gasteiger partial charge is 0.465 e. The predicted octanol–water partition coefficient (Wildman–Crippen LogP) is 3.72. The quantitative estimate of drug-likeness (QED) is 0.900. The summed E-state index contributed by atoms with van der Waals surface area (Å²) in [6.45, 7) is 4.52. The molecule has 1 aliphatic heterocycles. The highest BCUT2D eigenvalue weighted by Crippen LogP contribution is 2.40. The molecule has 0 saturated heterocycles. The van der Waals surface area contributed by atoms with E-state index in [-0.39, 0.29) is 6.04 Å². The van der Waals surface area contributed by atoms with Gasteiger partial charge in [-0.1, -0.05) is 15.9 Å². The highest BCUT2D eigenvalue weighted by molar-refractivity contribution is 9.10. The first-order chi connectivity index (χ1) is 8.95. The molecular weight excluding hydrogens is 308 g/mol. The van der Waals surface area contributed by atoms with Crippen LogP contribution >= 0.6 is 15.9 Å². The maximum absolute atomic E-state index is 11.4. The summed E-state index contributed by atoms with van der Waals surface area (Å²) in [7, 11) is 2.06. The molecule has 2 rings (SSSR count). The number of fused-ring (bicyclic) bond motifs is 1. The van der Waals surface area contributed by atoms with Crippen LogP contribution in [0, 0.1) is 0 Å². The minimum absolute atomic E-state index is 0.0683. The lowest BCUT2D eigenvalue weighted by molar-refractivity contribution is 0.121. The van der Waals surface area contributed by atoms with Crippen LogP contribution in [0.2, 0.25) is 0 Å². The van der Waals surface area contributed by atoms with Crippen molar-refractivity contribution in [2.75, 3.05) is 18.5 Å². The Labute approximate surface area is 122 Å². The summed E-state index contributed by atoms with van der Waals surface area (Å²) in [5.41, 5.74) is 2.20. The number of amides is 1. The fourth-order valence-electron chi connectivity index (χ4n) is 2.74. The van der Waals surface area contributed by atoms with Crippen molar-refractivity contribution in [2.24, 2.45) is 0 Å². The van der Waals surface area contributed by atoms with Crippen LogP contribution < -0.4 is 4.90 Å². The summed E-state index contributed by atoms with van der Waals surface area (Å²) < 4.78 is 0.987. The molecule has 0 bridgehead atoms. The first kappa shape index (κ1) is 14.2. The molecule has 2 atom stereocenters. The first-order valence-electron chi connectivity index (χ1n) is 6.47. The van der Waals surface area contributed by atoms with Gasteiger partial charge in [-0.05, 0) is 44.0 Å². The Morgan fingerprint density at radius 2 is 2.26 bits per heavy atom. The number of hydrogen-bond acceptors (Lipinski definition) is 2. The second-order valence-electron chi connectivity index (χ2n) is 4.98. The minimum atomic E-state index is -0.852. The van der Waals surface area contributed by atoms with Crippen LogP contribution in [0.5, 0.6) is 0 Å². The topological polar surface area (TPSA) is 43.8 Å². The summed E-state index contributed by atoms with van der Waals surface area (Å²) in [4.78, 5) is 15.2. The Kier molecular flexibility index (Phi) is 4.04. The van der Waals surface area contributed by atoms with Crippen molar-refractivity contribution < 1.29 is 9.90 Å². The van der Waals surface area contributed by atoms with Gasteiger partial charge in [-0.3, -0.25) is 0 Å². The van der Waals surface area contributed by atoms with E-state index >= 15 is 0 Å². The Balaban J connectivity index is 2.49. The van der Waals surface area contributed by atoms with Crippen molar-refractivity contribution in [3.05, 3.63) is 28.2 Å². The Morgan fingerprint density at radius 1 is 1.58 bits per heavy atom. The van der Waals surface area contributed by atoms with Crippen LogP contribution in [0.4, 0.5) is 10.5 Å². The Hall–Kier alpha value is -1.23. The number of hydrogen-bond donors (Lipinski definition) is 1. The number of rotatable bonds is 2. The van der Waals surface area contributed by atoms with Crippen molar-refractivity contribution in [3.8, 4) is 0 Å². The average molecular weight is 327 g/mol. The highest BCUT2D eigenvalue weighted by atomic mass is 79.9. The molecule has 5 heteroatoms. The Morgan fingerprint density at radius 3 is 2.84 bits per heavy atom. The zero-order valence-corrected chi connectivity index (χ0v) is 13.0. The molecule has 0 radical (unpaired) electrons. The number of carboxylic acid groups (broad SMARTS) is 1. The van der Waals surface area contributed by atoms with E-state index in [0.29, 0.717) is 12.6 Å². The summed E-state index contributed by atoms with van der Waals surface area (Å²) in [6.07, 6.45) is -0.0321. The van der Waals surface area contributed by atoms with Crippen LogP contribution in [0.1, 0.15) is 31.9 Å². The van der Waals surface area contributed by atoms with Crippen LogP contribution in [0.25, 0.3) is 0 Å². The minimum Gasteiger partial charge on any atom is -0.465 e. The second-order valence-corrected chi connectivity index (χ2v) is 5.90. The van der Waals surface area contributed by atoms with Gasteiger partial charge < -0.3 is 14.9 Å². The molecule has 1 aromatic carbocycles. The van der Waals surface area contributed by atoms with E-state index in [9.17, 15) is 9.90 Å². The third kappa shape index (κ3) is 2.56. The highest BCUT2D eigenvalue weighted by Gasteiger charge is 2.33. The molecule has 1 aliphatic rings. The molecule has 1 amide bonds. The monoisotopic (exact) mass is 326 g/mol. The first-order valence-corrected chi connectivity index (χ1v) is 7.26. The van der Waals surface area contributed by atoms with Gasteiger partial charge in [-0.2, -0.15) is 0 Å². The maximum atomic E-state index is 11.4. The van der Waals surface area contributed by atoms with Crippen molar-refractivity contribution in [3.63, 3.8) is 0 Å².